The topological polar surface area (TPSA) is 0 Å². The van der Waals surface area contributed by atoms with Crippen molar-refractivity contribution >= 4 is 0 Å². The molecule has 0 N–H and O–H groups in total. The van der Waals surface area contributed by atoms with Gasteiger partial charge in [0.1, 0.15) is 5.67 Å². The quantitative estimate of drug-likeness (QED) is 0.642. The molecule has 1 atom stereocenters. The Hall–Kier alpha value is -1.21. The van der Waals surface area contributed by atoms with Crippen LogP contribution in [0.3, 0.4) is 0 Å². The van der Waals surface area contributed by atoms with E-state index in [9.17, 15) is 4.39 Å². The highest BCUT2D eigenvalue weighted by atomic mass is 19.1. The van der Waals surface area contributed by atoms with Gasteiger partial charge in [-0.2, -0.15) is 0 Å². The Morgan fingerprint density at radius 1 is 1.50 bits per heavy atom. The summed E-state index contributed by atoms with van der Waals surface area (Å²) in [6.07, 6.45) is 9.92. The van der Waals surface area contributed by atoms with E-state index in [0.29, 0.717) is 24.8 Å². The van der Waals surface area contributed by atoms with Crippen LogP contribution in [0.5, 0.6) is 0 Å². The Kier molecular flexibility index (Phi) is 4.64. The van der Waals surface area contributed by atoms with Crippen LogP contribution in [0.4, 0.5) is 4.39 Å². The highest BCUT2D eigenvalue weighted by Gasteiger charge is 2.32. The van der Waals surface area contributed by atoms with Gasteiger partial charge in [-0.25, -0.2) is 4.39 Å². The number of terminal acetylenes is 1. The molecule has 0 spiro atoms. The minimum atomic E-state index is -1.27. The maximum Gasteiger partial charge on any atom is 0.142 e. The second-order valence-electron chi connectivity index (χ2n) is 5.71. The third-order valence-electron chi connectivity index (χ3n) is 4.11. The lowest BCUT2D eigenvalue weighted by atomic mass is 9.73. The van der Waals surface area contributed by atoms with E-state index in [1.165, 1.54) is 0 Å². The first-order chi connectivity index (χ1) is 8.39. The third kappa shape index (κ3) is 2.97. The lowest BCUT2D eigenvalue weighted by molar-refractivity contribution is 0.201. The molecule has 0 saturated heterocycles. The van der Waals surface area contributed by atoms with Crippen LogP contribution in [-0.2, 0) is 0 Å². The van der Waals surface area contributed by atoms with Crippen molar-refractivity contribution in [3.05, 3.63) is 11.6 Å². The number of hydrogen-bond donors (Lipinski definition) is 0. The van der Waals surface area contributed by atoms with E-state index in [1.54, 1.807) is 0 Å². The monoisotopic (exact) mass is 246 g/mol. The molecule has 0 saturated carbocycles. The molecule has 1 aliphatic carbocycles. The van der Waals surface area contributed by atoms with Gasteiger partial charge in [0.05, 0.1) is 0 Å². The molecule has 1 aliphatic rings. The Morgan fingerprint density at radius 2 is 2.11 bits per heavy atom. The summed E-state index contributed by atoms with van der Waals surface area (Å²) in [5.74, 6) is 9.03. The summed E-state index contributed by atoms with van der Waals surface area (Å²) in [5, 5.41) is 0. The van der Waals surface area contributed by atoms with Crippen LogP contribution in [0.1, 0.15) is 53.4 Å². The van der Waals surface area contributed by atoms with Gasteiger partial charge in [-0.05, 0) is 24.7 Å². The molecule has 18 heavy (non-hydrogen) atoms. The normalized spacial score (nSPS) is 25.8. The minimum Gasteiger partial charge on any atom is -0.238 e. The van der Waals surface area contributed by atoms with Gasteiger partial charge in [-0.1, -0.05) is 45.6 Å². The molecule has 0 aliphatic heterocycles. The van der Waals surface area contributed by atoms with Crippen molar-refractivity contribution in [1.29, 1.82) is 0 Å². The zero-order valence-electron chi connectivity index (χ0n) is 11.9. The highest BCUT2D eigenvalue weighted by molar-refractivity contribution is 5.38. The van der Waals surface area contributed by atoms with Gasteiger partial charge in [0.25, 0.3) is 0 Å². The largest absolute Gasteiger partial charge is 0.238 e. The number of halogens is 1. The summed E-state index contributed by atoms with van der Waals surface area (Å²) in [7, 11) is 0. The molecule has 0 aromatic rings. The van der Waals surface area contributed by atoms with Crippen molar-refractivity contribution in [2.75, 3.05) is 0 Å². The maximum absolute atomic E-state index is 14.7. The third-order valence-corrected chi connectivity index (χ3v) is 4.11. The first-order valence-electron chi connectivity index (χ1n) is 6.74. The highest BCUT2D eigenvalue weighted by Crippen LogP contribution is 2.37. The molecular weight excluding hydrogens is 223 g/mol. The van der Waals surface area contributed by atoms with Crippen molar-refractivity contribution in [3.8, 4) is 24.2 Å². The second-order valence-corrected chi connectivity index (χ2v) is 5.71. The molecular formula is C17H23F. The molecule has 1 rings (SSSR count). The van der Waals surface area contributed by atoms with Gasteiger partial charge >= 0.3 is 0 Å². The van der Waals surface area contributed by atoms with Gasteiger partial charge in [0.15, 0.2) is 0 Å². The average molecular weight is 246 g/mol. The first kappa shape index (κ1) is 14.8. The Labute approximate surface area is 111 Å². The smallest absolute Gasteiger partial charge is 0.142 e. The van der Waals surface area contributed by atoms with Crippen molar-refractivity contribution in [2.45, 2.75) is 59.0 Å². The molecule has 1 heteroatoms. The second kappa shape index (κ2) is 5.62. The number of alkyl halides is 1. The lowest BCUT2D eigenvalue weighted by Gasteiger charge is -2.31. The van der Waals surface area contributed by atoms with E-state index >= 15 is 0 Å². The van der Waals surface area contributed by atoms with Crippen molar-refractivity contribution in [3.63, 3.8) is 0 Å². The van der Waals surface area contributed by atoms with Crippen LogP contribution < -0.4 is 0 Å². The molecule has 0 heterocycles. The van der Waals surface area contributed by atoms with E-state index in [-0.39, 0.29) is 11.3 Å². The molecule has 1 unspecified atom stereocenters. The van der Waals surface area contributed by atoms with Crippen molar-refractivity contribution < 1.29 is 4.39 Å². The number of rotatable bonds is 3. The van der Waals surface area contributed by atoms with Crippen LogP contribution in [0.25, 0.3) is 0 Å². The van der Waals surface area contributed by atoms with Gasteiger partial charge < -0.3 is 0 Å². The van der Waals surface area contributed by atoms with Crippen molar-refractivity contribution in [2.24, 2.45) is 11.3 Å². The number of allylic oxidation sites excluding steroid dienone is 2. The molecule has 0 aromatic heterocycles. The predicted octanol–water partition coefficient (Wildman–Crippen LogP) is 4.51. The van der Waals surface area contributed by atoms with E-state index in [0.717, 1.165) is 6.42 Å². The standard InChI is InChI=1S/C17H23F/c1-6-14-10-9-11-15(12-13-16(14,4)5)17(18,7-2)8-3/h1,12,14H,7-8,10,13H2,2-5H3/b15-12+. The predicted molar refractivity (Wildman–Crippen MR) is 75.6 cm³/mol. The zero-order valence-corrected chi connectivity index (χ0v) is 11.9. The van der Waals surface area contributed by atoms with Crippen molar-refractivity contribution in [1.82, 2.24) is 0 Å². The lowest BCUT2D eigenvalue weighted by Crippen LogP contribution is -2.27. The Morgan fingerprint density at radius 3 is 2.61 bits per heavy atom. The molecule has 0 aromatic carbocycles. The van der Waals surface area contributed by atoms with Gasteiger partial charge in [-0.15, -0.1) is 12.3 Å². The van der Waals surface area contributed by atoms with Gasteiger partial charge in [0.2, 0.25) is 0 Å². The van der Waals surface area contributed by atoms with E-state index in [2.05, 4.69) is 31.6 Å². The minimum absolute atomic E-state index is 0.0164. The van der Waals surface area contributed by atoms with E-state index in [4.69, 9.17) is 6.42 Å². The SMILES string of the molecule is C#CC1CC#C/C(C(F)(CC)CC)=C\CC1(C)C. The summed E-state index contributed by atoms with van der Waals surface area (Å²) in [6.45, 7) is 8.02. The van der Waals surface area contributed by atoms with Crippen LogP contribution in [0, 0.1) is 35.5 Å². The van der Waals surface area contributed by atoms with Crippen LogP contribution >= 0.6 is 0 Å². The molecule has 0 fully saturated rings. The maximum atomic E-state index is 14.7. The molecule has 0 amide bonds. The summed E-state index contributed by atoms with van der Waals surface area (Å²) < 4.78 is 14.7. The molecule has 98 valence electrons. The Bertz CT molecular complexity index is 419. The summed E-state index contributed by atoms with van der Waals surface area (Å²) in [6, 6.07) is 0. The Balaban J connectivity index is 3.08. The molecule has 0 radical (unpaired) electrons. The fourth-order valence-corrected chi connectivity index (χ4v) is 2.29. The van der Waals surface area contributed by atoms with Gasteiger partial charge in [0, 0.05) is 17.9 Å². The van der Waals surface area contributed by atoms with Crippen LogP contribution in [0.2, 0.25) is 0 Å². The fourth-order valence-electron chi connectivity index (χ4n) is 2.29. The average Bonchev–Trinajstić information content (AvgIpc) is 2.34. The van der Waals surface area contributed by atoms with Crippen LogP contribution in [-0.4, -0.2) is 5.67 Å². The molecule has 0 nitrogen and oxygen atoms in total. The first-order valence-corrected chi connectivity index (χ1v) is 6.74. The summed E-state index contributed by atoms with van der Waals surface area (Å²) >= 11 is 0. The summed E-state index contributed by atoms with van der Waals surface area (Å²) in [4.78, 5) is 0. The molecule has 0 bridgehead atoms. The van der Waals surface area contributed by atoms with Gasteiger partial charge in [-0.3, -0.25) is 0 Å². The van der Waals surface area contributed by atoms with E-state index in [1.807, 2.05) is 19.9 Å². The van der Waals surface area contributed by atoms with E-state index < -0.39 is 5.67 Å². The number of hydrogen-bond acceptors (Lipinski definition) is 0. The zero-order chi connectivity index (χ0) is 13.8. The summed E-state index contributed by atoms with van der Waals surface area (Å²) in [5.41, 5.74) is -0.639. The fraction of sp³-hybridized carbons (Fsp3) is 0.647. The van der Waals surface area contributed by atoms with Crippen LogP contribution in [0.15, 0.2) is 11.6 Å².